The van der Waals surface area contributed by atoms with Crippen LogP contribution in [0.15, 0.2) is 18.2 Å². The van der Waals surface area contributed by atoms with Crippen molar-refractivity contribution in [2.24, 2.45) is 11.7 Å². The lowest BCUT2D eigenvalue weighted by atomic mass is 9.95. The van der Waals surface area contributed by atoms with Gasteiger partial charge in [-0.3, -0.25) is 0 Å². The number of thiocarbonyl (C=S) groups is 1. The summed E-state index contributed by atoms with van der Waals surface area (Å²) in [5.74, 6) is 0.628. The Morgan fingerprint density at radius 1 is 1.39 bits per heavy atom. The van der Waals surface area contributed by atoms with Crippen LogP contribution in [0.4, 0.5) is 5.69 Å². The summed E-state index contributed by atoms with van der Waals surface area (Å²) in [5.41, 5.74) is 7.41. The predicted octanol–water partition coefficient (Wildman–Crippen LogP) is 4.21. The van der Waals surface area contributed by atoms with E-state index in [2.05, 4.69) is 26.1 Å². The Balaban J connectivity index is 2.97. The summed E-state index contributed by atoms with van der Waals surface area (Å²) >= 11 is 11.2. The molecule has 1 aromatic rings. The zero-order chi connectivity index (χ0) is 13.7. The maximum absolute atomic E-state index is 6.15. The molecule has 3 N–H and O–H groups in total. The lowest BCUT2D eigenvalue weighted by molar-refractivity contribution is 0.438. The van der Waals surface area contributed by atoms with Crippen molar-refractivity contribution in [3.05, 3.63) is 28.8 Å². The molecule has 1 unspecified atom stereocenters. The van der Waals surface area contributed by atoms with Gasteiger partial charge in [-0.2, -0.15) is 0 Å². The number of hydrogen-bond acceptors (Lipinski definition) is 2. The van der Waals surface area contributed by atoms with Crippen LogP contribution < -0.4 is 11.1 Å². The molecule has 0 amide bonds. The largest absolute Gasteiger partial charge is 0.389 e. The Hall–Kier alpha value is -0.800. The van der Waals surface area contributed by atoms with Crippen molar-refractivity contribution in [2.45, 2.75) is 39.7 Å². The molecule has 0 bridgehead atoms. The first-order valence-corrected chi connectivity index (χ1v) is 7.14. The molecule has 4 heteroatoms. The minimum Gasteiger partial charge on any atom is -0.389 e. The molecule has 0 aliphatic carbocycles. The summed E-state index contributed by atoms with van der Waals surface area (Å²) in [6.07, 6.45) is 2.29. The highest BCUT2D eigenvalue weighted by Crippen LogP contribution is 2.26. The third kappa shape index (κ3) is 3.59. The molecule has 0 saturated carbocycles. The van der Waals surface area contributed by atoms with Gasteiger partial charge in [-0.05, 0) is 25.0 Å². The van der Waals surface area contributed by atoms with Gasteiger partial charge >= 0.3 is 0 Å². The summed E-state index contributed by atoms with van der Waals surface area (Å²) < 4.78 is 0. The molecule has 0 radical (unpaired) electrons. The van der Waals surface area contributed by atoms with Crippen molar-refractivity contribution in [1.29, 1.82) is 0 Å². The fourth-order valence-corrected chi connectivity index (χ4v) is 2.81. The molecule has 100 valence electrons. The second-order valence-electron chi connectivity index (χ2n) is 4.54. The Kier molecular flexibility index (Phi) is 5.89. The molecule has 1 aromatic carbocycles. The molecule has 0 aliphatic heterocycles. The summed E-state index contributed by atoms with van der Waals surface area (Å²) in [4.78, 5) is 0.333. The summed E-state index contributed by atoms with van der Waals surface area (Å²) in [5, 5.41) is 4.08. The van der Waals surface area contributed by atoms with Crippen LogP contribution in [0.3, 0.4) is 0 Å². The van der Waals surface area contributed by atoms with E-state index in [9.17, 15) is 0 Å². The average molecular weight is 285 g/mol. The SMILES string of the molecule is CCC(CC)C(C)Nc1cccc(Cl)c1C(N)=S. The highest BCUT2D eigenvalue weighted by Gasteiger charge is 2.16. The second-order valence-corrected chi connectivity index (χ2v) is 5.38. The summed E-state index contributed by atoms with van der Waals surface area (Å²) in [7, 11) is 0. The van der Waals surface area contributed by atoms with Gasteiger partial charge in [-0.15, -0.1) is 0 Å². The standard InChI is InChI=1S/C14H21ClN2S/c1-4-10(5-2)9(3)17-12-8-6-7-11(15)13(12)14(16)18/h6-10,17H,4-5H2,1-3H3,(H2,16,18). The smallest absolute Gasteiger partial charge is 0.107 e. The van der Waals surface area contributed by atoms with Gasteiger partial charge in [-0.25, -0.2) is 0 Å². The zero-order valence-electron chi connectivity index (χ0n) is 11.2. The van der Waals surface area contributed by atoms with E-state index in [-0.39, 0.29) is 0 Å². The van der Waals surface area contributed by atoms with Crippen molar-refractivity contribution in [1.82, 2.24) is 0 Å². The highest BCUT2D eigenvalue weighted by molar-refractivity contribution is 7.80. The van der Waals surface area contributed by atoms with Crippen molar-refractivity contribution < 1.29 is 0 Å². The van der Waals surface area contributed by atoms with Gasteiger partial charge in [0.1, 0.15) is 4.99 Å². The number of benzene rings is 1. The van der Waals surface area contributed by atoms with Crippen LogP contribution in [0, 0.1) is 5.92 Å². The number of nitrogens with two attached hydrogens (primary N) is 1. The number of rotatable bonds is 6. The van der Waals surface area contributed by atoms with Gasteiger partial charge in [-0.1, -0.05) is 56.6 Å². The fraction of sp³-hybridized carbons (Fsp3) is 0.500. The number of nitrogens with one attached hydrogen (secondary N) is 1. The maximum Gasteiger partial charge on any atom is 0.107 e. The fourth-order valence-electron chi connectivity index (χ4n) is 2.25. The minimum atomic E-state index is 0.333. The Morgan fingerprint density at radius 3 is 2.50 bits per heavy atom. The highest BCUT2D eigenvalue weighted by atomic mass is 35.5. The topological polar surface area (TPSA) is 38.0 Å². The van der Waals surface area contributed by atoms with Crippen LogP contribution in [-0.4, -0.2) is 11.0 Å². The van der Waals surface area contributed by atoms with Crippen molar-refractivity contribution in [3.63, 3.8) is 0 Å². The van der Waals surface area contributed by atoms with Crippen LogP contribution >= 0.6 is 23.8 Å². The van der Waals surface area contributed by atoms with Crippen molar-refractivity contribution >= 4 is 34.5 Å². The molecule has 0 spiro atoms. The van der Waals surface area contributed by atoms with Gasteiger partial charge in [0, 0.05) is 11.7 Å². The predicted molar refractivity (Wildman–Crippen MR) is 84.5 cm³/mol. The molecule has 18 heavy (non-hydrogen) atoms. The number of halogens is 1. The number of anilines is 1. The van der Waals surface area contributed by atoms with Gasteiger partial charge in [0.25, 0.3) is 0 Å². The molecule has 2 nitrogen and oxygen atoms in total. The minimum absolute atomic E-state index is 0.333. The van der Waals surface area contributed by atoms with Gasteiger partial charge in [0.15, 0.2) is 0 Å². The Bertz CT molecular complexity index is 416. The molecule has 0 aliphatic rings. The van der Waals surface area contributed by atoms with E-state index in [1.807, 2.05) is 18.2 Å². The van der Waals surface area contributed by atoms with E-state index < -0.39 is 0 Å². The van der Waals surface area contributed by atoms with Gasteiger partial charge in [0.05, 0.1) is 10.6 Å². The molecule has 1 atom stereocenters. The molecular weight excluding hydrogens is 264 g/mol. The van der Waals surface area contributed by atoms with Crippen molar-refractivity contribution in [3.8, 4) is 0 Å². The van der Waals surface area contributed by atoms with E-state index in [0.717, 1.165) is 24.1 Å². The lowest BCUT2D eigenvalue weighted by Gasteiger charge is -2.25. The summed E-state index contributed by atoms with van der Waals surface area (Å²) in [6, 6.07) is 6.06. The molecule has 1 rings (SSSR count). The van der Waals surface area contributed by atoms with Crippen LogP contribution in [-0.2, 0) is 0 Å². The van der Waals surface area contributed by atoms with E-state index in [0.29, 0.717) is 22.0 Å². The molecule has 0 heterocycles. The van der Waals surface area contributed by atoms with E-state index in [1.54, 1.807) is 0 Å². The first kappa shape index (κ1) is 15.3. The van der Waals surface area contributed by atoms with Crippen LogP contribution in [0.5, 0.6) is 0 Å². The number of hydrogen-bond donors (Lipinski definition) is 2. The molecule has 0 fully saturated rings. The first-order valence-electron chi connectivity index (χ1n) is 6.36. The normalized spacial score (nSPS) is 12.5. The van der Waals surface area contributed by atoms with Crippen LogP contribution in [0.25, 0.3) is 0 Å². The first-order chi connectivity index (χ1) is 8.51. The van der Waals surface area contributed by atoms with Crippen LogP contribution in [0.2, 0.25) is 5.02 Å². The van der Waals surface area contributed by atoms with E-state index >= 15 is 0 Å². The van der Waals surface area contributed by atoms with E-state index in [1.165, 1.54) is 0 Å². The monoisotopic (exact) mass is 284 g/mol. The molecular formula is C14H21ClN2S. The average Bonchev–Trinajstić information content (AvgIpc) is 2.30. The summed E-state index contributed by atoms with van der Waals surface area (Å²) in [6.45, 7) is 6.60. The second kappa shape index (κ2) is 6.95. The molecule has 0 saturated heterocycles. The Morgan fingerprint density at radius 2 is 2.00 bits per heavy atom. The third-order valence-electron chi connectivity index (χ3n) is 3.40. The Labute approximate surface area is 120 Å². The van der Waals surface area contributed by atoms with Crippen molar-refractivity contribution in [2.75, 3.05) is 5.32 Å². The van der Waals surface area contributed by atoms with Gasteiger partial charge in [0.2, 0.25) is 0 Å². The quantitative estimate of drug-likeness (QED) is 0.769. The third-order valence-corrected chi connectivity index (χ3v) is 3.92. The van der Waals surface area contributed by atoms with E-state index in [4.69, 9.17) is 29.6 Å². The lowest BCUT2D eigenvalue weighted by Crippen LogP contribution is -2.26. The van der Waals surface area contributed by atoms with Crippen LogP contribution in [0.1, 0.15) is 39.2 Å². The van der Waals surface area contributed by atoms with Gasteiger partial charge < -0.3 is 11.1 Å². The zero-order valence-corrected chi connectivity index (χ0v) is 12.7. The maximum atomic E-state index is 6.15. The molecule has 0 aromatic heterocycles.